The minimum Gasteiger partial charge on any atom is -0.298 e. The summed E-state index contributed by atoms with van der Waals surface area (Å²) in [5.41, 5.74) is 8.18. The Kier molecular flexibility index (Phi) is 8.29. The van der Waals surface area contributed by atoms with Crippen molar-refractivity contribution in [2.75, 3.05) is 6.54 Å². The van der Waals surface area contributed by atoms with Gasteiger partial charge in [-0.3, -0.25) is 5.43 Å². The Labute approximate surface area is 154 Å². The summed E-state index contributed by atoms with van der Waals surface area (Å²) in [6, 6.07) is 8.44. The maximum atomic E-state index is 6.25. The number of nitrogens with two attached hydrogens (primary N) is 1. The van der Waals surface area contributed by atoms with Crippen LogP contribution in [-0.2, 0) is 0 Å². The van der Waals surface area contributed by atoms with Crippen LogP contribution in [-0.4, -0.2) is 16.8 Å². The van der Waals surface area contributed by atoms with Crippen molar-refractivity contribution in [2.24, 2.45) is 5.84 Å². The fraction of sp³-hybridized carbons (Fsp3) is 0.619. The lowest BCUT2D eigenvalue weighted by atomic mass is 10.1. The fourth-order valence-electron chi connectivity index (χ4n) is 3.40. The zero-order chi connectivity index (χ0) is 18.1. The molecule has 4 heteroatoms. The number of hydrogen-bond acceptors (Lipinski definition) is 4. The molecule has 140 valence electrons. The van der Waals surface area contributed by atoms with E-state index in [1.807, 2.05) is 5.12 Å². The van der Waals surface area contributed by atoms with Gasteiger partial charge >= 0.3 is 0 Å². The molecular formula is C21H36N4. The number of hydrazine groups is 3. The highest BCUT2D eigenvalue weighted by molar-refractivity contribution is 5.69. The van der Waals surface area contributed by atoms with Gasteiger partial charge in [0.15, 0.2) is 0 Å². The SMILES string of the molecule is CCCCCCCCCCCN1NC(c2ccccc2C)=C(C)N1N. The first-order valence-electron chi connectivity index (χ1n) is 10.0. The van der Waals surface area contributed by atoms with Gasteiger partial charge in [-0.1, -0.05) is 82.6 Å². The topological polar surface area (TPSA) is 44.5 Å². The second-order valence-electron chi connectivity index (χ2n) is 7.18. The molecule has 3 N–H and O–H groups in total. The van der Waals surface area contributed by atoms with Crippen LogP contribution in [0.15, 0.2) is 30.0 Å². The van der Waals surface area contributed by atoms with Gasteiger partial charge < -0.3 is 0 Å². The third-order valence-electron chi connectivity index (χ3n) is 5.09. The largest absolute Gasteiger partial charge is 0.298 e. The van der Waals surface area contributed by atoms with E-state index in [-0.39, 0.29) is 0 Å². The Hall–Kier alpha value is -1.52. The highest BCUT2D eigenvalue weighted by Crippen LogP contribution is 2.26. The number of hydrogen-bond donors (Lipinski definition) is 2. The molecule has 0 amide bonds. The van der Waals surface area contributed by atoms with E-state index in [1.54, 1.807) is 5.12 Å². The van der Waals surface area contributed by atoms with E-state index in [1.165, 1.54) is 68.9 Å². The van der Waals surface area contributed by atoms with Gasteiger partial charge in [0.05, 0.1) is 11.4 Å². The molecule has 0 fully saturated rings. The van der Waals surface area contributed by atoms with Crippen LogP contribution in [0.1, 0.15) is 82.8 Å². The lowest BCUT2D eigenvalue weighted by Crippen LogP contribution is -2.47. The molecule has 0 spiro atoms. The maximum absolute atomic E-state index is 6.25. The molecule has 1 aliphatic heterocycles. The highest BCUT2D eigenvalue weighted by Gasteiger charge is 2.25. The Morgan fingerprint density at radius 2 is 1.48 bits per heavy atom. The Balaban J connectivity index is 1.69. The maximum Gasteiger partial charge on any atom is 0.0803 e. The van der Waals surface area contributed by atoms with Crippen LogP contribution in [0.4, 0.5) is 0 Å². The van der Waals surface area contributed by atoms with Crippen molar-refractivity contribution in [3.63, 3.8) is 0 Å². The molecule has 0 bridgehead atoms. The lowest BCUT2D eigenvalue weighted by molar-refractivity contribution is -0.00405. The molecule has 0 aliphatic carbocycles. The standard InChI is InChI=1S/C21H36N4/c1-4-5-6-7-8-9-10-11-14-17-24-23-21(19(3)25(24)22)20-16-13-12-15-18(20)2/h12-13,15-16,23H,4-11,14,17,22H2,1-3H3. The van der Waals surface area contributed by atoms with Crippen molar-refractivity contribution in [1.82, 2.24) is 15.7 Å². The van der Waals surface area contributed by atoms with Gasteiger partial charge in [0, 0.05) is 12.1 Å². The van der Waals surface area contributed by atoms with E-state index in [0.29, 0.717) is 0 Å². The van der Waals surface area contributed by atoms with E-state index < -0.39 is 0 Å². The predicted octanol–water partition coefficient (Wildman–Crippen LogP) is 5.13. The minimum atomic E-state index is 0.944. The second-order valence-corrected chi connectivity index (χ2v) is 7.18. The van der Waals surface area contributed by atoms with E-state index in [0.717, 1.165) is 17.9 Å². The molecule has 0 radical (unpaired) electrons. The molecule has 1 aromatic carbocycles. The third kappa shape index (κ3) is 5.75. The van der Waals surface area contributed by atoms with Crippen LogP contribution in [0.3, 0.4) is 0 Å². The smallest absolute Gasteiger partial charge is 0.0803 e. The van der Waals surface area contributed by atoms with E-state index in [4.69, 9.17) is 5.84 Å². The molecular weight excluding hydrogens is 308 g/mol. The normalized spacial score (nSPS) is 15.1. The van der Waals surface area contributed by atoms with Gasteiger partial charge in [0.2, 0.25) is 0 Å². The van der Waals surface area contributed by atoms with Crippen LogP contribution in [0.25, 0.3) is 5.70 Å². The van der Waals surface area contributed by atoms with Crippen molar-refractivity contribution >= 4 is 5.70 Å². The summed E-state index contributed by atoms with van der Waals surface area (Å²) < 4.78 is 0. The van der Waals surface area contributed by atoms with E-state index in [9.17, 15) is 0 Å². The van der Waals surface area contributed by atoms with Crippen molar-refractivity contribution in [2.45, 2.75) is 78.6 Å². The van der Waals surface area contributed by atoms with Crippen LogP contribution < -0.4 is 11.3 Å². The summed E-state index contributed by atoms with van der Waals surface area (Å²) in [7, 11) is 0. The van der Waals surface area contributed by atoms with Crippen molar-refractivity contribution in [3.8, 4) is 0 Å². The molecule has 1 heterocycles. The van der Waals surface area contributed by atoms with Crippen LogP contribution in [0.5, 0.6) is 0 Å². The van der Waals surface area contributed by atoms with Gasteiger partial charge in [0.25, 0.3) is 0 Å². The number of nitrogens with zero attached hydrogens (tertiary/aromatic N) is 2. The molecule has 1 aromatic rings. The number of benzene rings is 1. The quantitative estimate of drug-likeness (QED) is 0.432. The van der Waals surface area contributed by atoms with Gasteiger partial charge in [-0.25, -0.2) is 11.0 Å². The van der Waals surface area contributed by atoms with Gasteiger partial charge in [0.1, 0.15) is 0 Å². The number of allylic oxidation sites excluding steroid dienone is 1. The molecule has 0 saturated heterocycles. The van der Waals surface area contributed by atoms with Crippen LogP contribution >= 0.6 is 0 Å². The third-order valence-corrected chi connectivity index (χ3v) is 5.09. The monoisotopic (exact) mass is 344 g/mol. The van der Waals surface area contributed by atoms with Gasteiger partial charge in [-0.15, -0.1) is 5.12 Å². The van der Waals surface area contributed by atoms with Crippen LogP contribution in [0, 0.1) is 6.92 Å². The Morgan fingerprint density at radius 1 is 0.880 bits per heavy atom. The summed E-state index contributed by atoms with van der Waals surface area (Å²) in [6.07, 6.45) is 12.1. The summed E-state index contributed by atoms with van der Waals surface area (Å²) in [6.45, 7) is 7.43. The number of nitrogens with one attached hydrogen (secondary N) is 1. The van der Waals surface area contributed by atoms with Gasteiger partial charge in [-0.2, -0.15) is 0 Å². The van der Waals surface area contributed by atoms with Crippen molar-refractivity contribution in [1.29, 1.82) is 0 Å². The summed E-state index contributed by atoms with van der Waals surface area (Å²) in [4.78, 5) is 0. The van der Waals surface area contributed by atoms with E-state index in [2.05, 4.69) is 50.5 Å². The lowest BCUT2D eigenvalue weighted by Gasteiger charge is -2.25. The highest BCUT2D eigenvalue weighted by atomic mass is 15.9. The number of aryl methyl sites for hydroxylation is 1. The molecule has 2 rings (SSSR count). The molecule has 1 aliphatic rings. The molecule has 0 unspecified atom stereocenters. The molecule has 4 nitrogen and oxygen atoms in total. The number of rotatable bonds is 11. The summed E-state index contributed by atoms with van der Waals surface area (Å²) in [5.74, 6) is 6.25. The zero-order valence-electron chi connectivity index (χ0n) is 16.4. The van der Waals surface area contributed by atoms with Crippen molar-refractivity contribution in [3.05, 3.63) is 41.1 Å². The molecule has 0 aromatic heterocycles. The van der Waals surface area contributed by atoms with Gasteiger partial charge in [-0.05, 0) is 25.8 Å². The fourth-order valence-corrected chi connectivity index (χ4v) is 3.40. The average Bonchev–Trinajstić information content (AvgIpc) is 2.89. The average molecular weight is 345 g/mol. The van der Waals surface area contributed by atoms with Crippen LogP contribution in [0.2, 0.25) is 0 Å². The zero-order valence-corrected chi connectivity index (χ0v) is 16.4. The summed E-state index contributed by atoms with van der Waals surface area (Å²) in [5, 5.41) is 3.80. The predicted molar refractivity (Wildman–Crippen MR) is 107 cm³/mol. The first-order valence-corrected chi connectivity index (χ1v) is 10.0. The molecule has 0 saturated carbocycles. The Morgan fingerprint density at radius 3 is 2.12 bits per heavy atom. The minimum absolute atomic E-state index is 0.944. The second kappa shape index (κ2) is 10.5. The number of unbranched alkanes of at least 4 members (excludes halogenated alkanes) is 8. The molecule has 0 atom stereocenters. The first-order chi connectivity index (χ1) is 12.1. The summed E-state index contributed by atoms with van der Waals surface area (Å²) >= 11 is 0. The Bertz CT molecular complexity index is 553. The van der Waals surface area contributed by atoms with E-state index >= 15 is 0 Å². The molecule has 25 heavy (non-hydrogen) atoms. The first kappa shape index (κ1) is 19.8. The van der Waals surface area contributed by atoms with Crippen molar-refractivity contribution < 1.29 is 0 Å².